The van der Waals surface area contributed by atoms with Crippen molar-refractivity contribution in [3.05, 3.63) is 25.7 Å². The predicted octanol–water partition coefficient (Wildman–Crippen LogP) is 3.14. The smallest absolute Gasteiger partial charge is 0.333 e. The SMILES string of the molecule is [CH-]1CCC(CC2CC[CH-]CC2)CC1.[CH-]1CC[CH-]CC1.[La].[Pa].[Rb+]. The second kappa shape index (κ2) is 19.8. The summed E-state index contributed by atoms with van der Waals surface area (Å²) in [6.07, 6.45) is 28.0. The summed E-state index contributed by atoms with van der Waals surface area (Å²) in [5, 5.41) is 0. The van der Waals surface area contributed by atoms with Gasteiger partial charge in [-0.3, -0.25) is 0 Å². The molecule has 118 valence electrons. The zero-order chi connectivity index (χ0) is 13.2. The van der Waals surface area contributed by atoms with Gasteiger partial charge in [0.25, 0.3) is 0 Å². The molecule has 3 heteroatoms. The topological polar surface area (TPSA) is 0 Å². The zero-order valence-electron chi connectivity index (χ0n) is 14.8. The van der Waals surface area contributed by atoms with E-state index in [1.807, 2.05) is 0 Å². The zero-order valence-corrected chi connectivity index (χ0v) is 28.2. The van der Waals surface area contributed by atoms with Crippen LogP contribution in [-0.4, -0.2) is 0 Å². The molecular formula is C19H32LaPaRb-3. The minimum atomic E-state index is 0. The van der Waals surface area contributed by atoms with Crippen LogP contribution < -0.4 is 58.2 Å². The molecule has 3 rings (SSSR count). The predicted molar refractivity (Wildman–Crippen MR) is 84.2 cm³/mol. The van der Waals surface area contributed by atoms with Gasteiger partial charge in [-0.15, -0.1) is 0 Å². The van der Waals surface area contributed by atoms with Crippen LogP contribution in [0.25, 0.3) is 0 Å². The van der Waals surface area contributed by atoms with E-state index in [2.05, 4.69) is 25.7 Å². The summed E-state index contributed by atoms with van der Waals surface area (Å²) < 4.78 is 0. The molecule has 3 aliphatic carbocycles. The largest absolute Gasteiger partial charge is 1.00 e. The Labute approximate surface area is 242 Å². The van der Waals surface area contributed by atoms with E-state index in [-0.39, 0.29) is 126 Å². The van der Waals surface area contributed by atoms with Gasteiger partial charge in [-0.2, -0.15) is 25.7 Å². The molecule has 2 radical (unpaired) electrons. The molecule has 22 heavy (non-hydrogen) atoms. The first-order chi connectivity index (χ1) is 9.45. The molecule has 3 aliphatic rings. The minimum Gasteiger partial charge on any atom is -0.333 e. The average molecular weight is 716 g/mol. The molecule has 0 N–H and O–H groups in total. The van der Waals surface area contributed by atoms with E-state index < -0.39 is 0 Å². The monoisotopic (exact) mass is 715 g/mol. The van der Waals surface area contributed by atoms with Gasteiger partial charge in [0.2, 0.25) is 0 Å². The van der Waals surface area contributed by atoms with E-state index in [4.69, 9.17) is 0 Å². The Morgan fingerprint density at radius 3 is 1.09 bits per heavy atom. The Morgan fingerprint density at radius 1 is 0.545 bits per heavy atom. The van der Waals surface area contributed by atoms with Gasteiger partial charge in [0.1, 0.15) is 0 Å². The molecule has 0 spiro atoms. The fourth-order valence-corrected chi connectivity index (χ4v) is 3.69. The molecule has 0 nitrogen and oxygen atoms in total. The van der Waals surface area contributed by atoms with Gasteiger partial charge >= 0.3 is 58.2 Å². The number of hydrogen-bond acceptors (Lipinski definition) is 0. The van der Waals surface area contributed by atoms with Crippen molar-refractivity contribution in [2.75, 3.05) is 0 Å². The van der Waals surface area contributed by atoms with Gasteiger partial charge in [0.05, 0.1) is 0 Å². The summed E-state index contributed by atoms with van der Waals surface area (Å²) >= 11 is 0. The fourth-order valence-electron chi connectivity index (χ4n) is 3.69. The Balaban J connectivity index is 0. The molecule has 3 saturated carbocycles. The number of hydrogen-bond donors (Lipinski definition) is 0. The maximum Gasteiger partial charge on any atom is 1.00 e. The first-order valence-corrected chi connectivity index (χ1v) is 8.72. The van der Waals surface area contributed by atoms with E-state index >= 15 is 0 Å². The van der Waals surface area contributed by atoms with Gasteiger partial charge in [-0.25, -0.2) is 25.7 Å². The van der Waals surface area contributed by atoms with Crippen LogP contribution in [0.4, 0.5) is 0 Å². The van der Waals surface area contributed by atoms with Crippen molar-refractivity contribution < 1.29 is 126 Å². The summed E-state index contributed by atoms with van der Waals surface area (Å²) in [4.78, 5) is 0. The summed E-state index contributed by atoms with van der Waals surface area (Å²) in [5.41, 5.74) is 0. The second-order valence-corrected chi connectivity index (χ2v) is 6.59. The van der Waals surface area contributed by atoms with Gasteiger partial charge in [0.15, 0.2) is 0 Å². The minimum absolute atomic E-state index is 0. The quantitative estimate of drug-likeness (QED) is 0.386. The maximum absolute atomic E-state index is 2.48. The van der Waals surface area contributed by atoms with E-state index in [1.165, 1.54) is 77.0 Å². The Kier molecular flexibility index (Phi) is 25.5. The molecule has 0 heterocycles. The molecule has 0 amide bonds. The van der Waals surface area contributed by atoms with E-state index in [1.54, 1.807) is 6.42 Å². The Morgan fingerprint density at radius 2 is 0.818 bits per heavy atom. The van der Waals surface area contributed by atoms with Gasteiger partial charge in [-0.1, -0.05) is 25.7 Å². The van der Waals surface area contributed by atoms with Crippen LogP contribution in [0.15, 0.2) is 0 Å². The van der Waals surface area contributed by atoms with Crippen molar-refractivity contribution in [1.82, 2.24) is 0 Å². The van der Waals surface area contributed by atoms with Crippen molar-refractivity contribution in [3.63, 3.8) is 0 Å². The molecule has 0 aromatic carbocycles. The number of rotatable bonds is 2. The second-order valence-electron chi connectivity index (χ2n) is 6.59. The van der Waals surface area contributed by atoms with E-state index in [9.17, 15) is 0 Å². The van der Waals surface area contributed by atoms with Gasteiger partial charge in [0, 0.05) is 67.9 Å². The van der Waals surface area contributed by atoms with E-state index in [0.717, 1.165) is 11.8 Å². The first-order valence-electron chi connectivity index (χ1n) is 8.72. The third-order valence-corrected chi connectivity index (χ3v) is 4.93. The van der Waals surface area contributed by atoms with Crippen LogP contribution in [0, 0.1) is 105 Å². The van der Waals surface area contributed by atoms with Gasteiger partial charge < -0.3 is 25.7 Å². The standard InChI is InChI=1S/C13H22.C6H10.La.Pa.Rb/c1-3-7-12(8-4-1)11-13-9-5-2-6-10-13;1-2-4-6-5-3-1;;;/h1-2,12-13H,3-11H2;1,6H,2-5H2;;;/q2*-2;;;+1. The van der Waals surface area contributed by atoms with Crippen LogP contribution in [0.3, 0.4) is 0 Å². The molecule has 0 saturated heterocycles. The van der Waals surface area contributed by atoms with Crippen molar-refractivity contribution in [2.45, 2.75) is 83.5 Å². The summed E-state index contributed by atoms with van der Waals surface area (Å²) in [6.45, 7) is 0. The molecule has 0 aromatic heterocycles. The molecule has 0 aromatic rings. The molecule has 3 fully saturated rings. The molecular weight excluding hydrogens is 684 g/mol. The van der Waals surface area contributed by atoms with Crippen molar-refractivity contribution in [2.24, 2.45) is 11.8 Å². The fraction of sp³-hybridized carbons (Fsp3) is 0.789. The van der Waals surface area contributed by atoms with Gasteiger partial charge in [-0.05, 0) is 18.3 Å². The van der Waals surface area contributed by atoms with Crippen molar-refractivity contribution in [1.29, 1.82) is 0 Å². The third-order valence-electron chi connectivity index (χ3n) is 4.93. The molecule has 0 unspecified atom stereocenters. The van der Waals surface area contributed by atoms with Crippen LogP contribution >= 0.6 is 0 Å². The molecule has 0 bridgehead atoms. The normalized spacial score (nSPS) is 22.9. The third kappa shape index (κ3) is 14.2. The van der Waals surface area contributed by atoms with Crippen LogP contribution in [0.2, 0.25) is 0 Å². The van der Waals surface area contributed by atoms with Crippen molar-refractivity contribution >= 4 is 0 Å². The molecule has 0 aliphatic heterocycles. The average Bonchev–Trinajstić information content (AvgIpc) is 2.52. The van der Waals surface area contributed by atoms with E-state index in [0.29, 0.717) is 0 Å². The first kappa shape index (κ1) is 28.3. The summed E-state index contributed by atoms with van der Waals surface area (Å²) in [6, 6.07) is 0. The summed E-state index contributed by atoms with van der Waals surface area (Å²) in [7, 11) is 0. The van der Waals surface area contributed by atoms with Crippen LogP contribution in [0.1, 0.15) is 83.5 Å². The van der Waals surface area contributed by atoms with Crippen LogP contribution in [0.5, 0.6) is 0 Å². The molecule has 0 atom stereocenters. The Hall–Kier alpha value is 4.09. The maximum atomic E-state index is 2.48. The Bertz CT molecular complexity index is 182. The van der Waals surface area contributed by atoms with Crippen LogP contribution in [-0.2, 0) is 0 Å². The summed E-state index contributed by atoms with van der Waals surface area (Å²) in [5.74, 6) is 2.15. The van der Waals surface area contributed by atoms with Crippen molar-refractivity contribution in [3.8, 4) is 0 Å².